The minimum Gasteiger partial charge on any atom is -0.481 e. The van der Waals surface area contributed by atoms with E-state index < -0.39 is 34.0 Å². The fraction of sp³-hybridized carbons (Fsp3) is 0.500. The molecule has 0 fully saturated rings. The van der Waals surface area contributed by atoms with Crippen molar-refractivity contribution in [2.45, 2.75) is 50.3 Å². The smallest absolute Gasteiger partial charge is 0.303 e. The van der Waals surface area contributed by atoms with Crippen molar-refractivity contribution in [1.29, 1.82) is 0 Å². The Kier molecular flexibility index (Phi) is 5.81. The van der Waals surface area contributed by atoms with Gasteiger partial charge in [0, 0.05) is 12.0 Å². The zero-order valence-electron chi connectivity index (χ0n) is 14.2. The zero-order valence-corrected chi connectivity index (χ0v) is 15.0. The van der Waals surface area contributed by atoms with Gasteiger partial charge in [-0.05, 0) is 43.5 Å². The Morgan fingerprint density at radius 3 is 2.60 bits per heavy atom. The molecule has 0 bridgehead atoms. The molecule has 1 aliphatic heterocycles. The van der Waals surface area contributed by atoms with Gasteiger partial charge in [0.15, 0.2) is 0 Å². The topological polar surface area (TPSA) is 122 Å². The van der Waals surface area contributed by atoms with Gasteiger partial charge < -0.3 is 15.2 Å². The van der Waals surface area contributed by atoms with E-state index in [0.29, 0.717) is 13.2 Å². The quantitative estimate of drug-likeness (QED) is 0.621. The van der Waals surface area contributed by atoms with Crippen molar-refractivity contribution in [2.24, 2.45) is 0 Å². The summed E-state index contributed by atoms with van der Waals surface area (Å²) in [6.07, 6.45) is 0.155. The number of sulfonamides is 1. The molecule has 138 valence electrons. The van der Waals surface area contributed by atoms with Crippen LogP contribution in [0, 0.1) is 0 Å². The number of hydrogen-bond acceptors (Lipinski definition) is 5. The van der Waals surface area contributed by atoms with Gasteiger partial charge >= 0.3 is 5.97 Å². The lowest BCUT2D eigenvalue weighted by Gasteiger charge is -2.25. The van der Waals surface area contributed by atoms with Crippen LogP contribution in [0.3, 0.4) is 0 Å². The number of rotatable bonds is 8. The number of aliphatic carboxylic acids is 1. The number of carboxylic acids is 1. The third kappa shape index (κ3) is 5.52. The lowest BCUT2D eigenvalue weighted by atomic mass is 9.98. The molecule has 1 aromatic rings. The maximum Gasteiger partial charge on any atom is 0.303 e. The number of ether oxygens (including phenoxy) is 1. The van der Waals surface area contributed by atoms with Gasteiger partial charge in [-0.25, -0.2) is 13.1 Å². The van der Waals surface area contributed by atoms with Gasteiger partial charge in [-0.15, -0.1) is 0 Å². The maximum atomic E-state index is 12.3. The Labute approximate surface area is 146 Å². The molecule has 8 nitrogen and oxygen atoms in total. The first-order chi connectivity index (χ1) is 11.6. The summed E-state index contributed by atoms with van der Waals surface area (Å²) in [5, 5.41) is 11.3. The number of hydrogen-bond donors (Lipinski definition) is 3. The highest BCUT2D eigenvalue weighted by molar-refractivity contribution is 7.89. The van der Waals surface area contributed by atoms with Crippen molar-refractivity contribution in [3.05, 3.63) is 29.3 Å². The van der Waals surface area contributed by atoms with Crippen LogP contribution in [0.4, 0.5) is 0 Å². The van der Waals surface area contributed by atoms with E-state index in [9.17, 15) is 18.0 Å². The first-order valence-electron chi connectivity index (χ1n) is 7.81. The Balaban J connectivity index is 1.93. The van der Waals surface area contributed by atoms with E-state index >= 15 is 0 Å². The lowest BCUT2D eigenvalue weighted by molar-refractivity contribution is -0.137. The fourth-order valence-electron chi connectivity index (χ4n) is 2.46. The predicted molar refractivity (Wildman–Crippen MR) is 89.2 cm³/mol. The molecule has 0 saturated heterocycles. The van der Waals surface area contributed by atoms with Gasteiger partial charge in [0.25, 0.3) is 0 Å². The molecule has 1 amide bonds. The summed E-state index contributed by atoms with van der Waals surface area (Å²) < 4.78 is 32.1. The number of fused-ring (bicyclic) bond motifs is 1. The molecule has 1 aliphatic rings. The highest BCUT2D eigenvalue weighted by atomic mass is 32.2. The van der Waals surface area contributed by atoms with Crippen molar-refractivity contribution >= 4 is 21.9 Å². The molecule has 1 heterocycles. The zero-order chi connectivity index (χ0) is 18.7. The maximum absolute atomic E-state index is 12.3. The van der Waals surface area contributed by atoms with Gasteiger partial charge in [0.2, 0.25) is 15.9 Å². The van der Waals surface area contributed by atoms with Gasteiger partial charge in [-0.2, -0.15) is 0 Å². The van der Waals surface area contributed by atoms with Crippen LogP contribution in [0.5, 0.6) is 0 Å². The average Bonchev–Trinajstić information content (AvgIpc) is 2.98. The summed E-state index contributed by atoms with van der Waals surface area (Å²) in [5.41, 5.74) is 1.03. The van der Waals surface area contributed by atoms with E-state index in [2.05, 4.69) is 10.0 Å². The van der Waals surface area contributed by atoms with E-state index in [1.165, 1.54) is 6.07 Å². The summed E-state index contributed by atoms with van der Waals surface area (Å²) in [6.45, 7) is 3.78. The second kappa shape index (κ2) is 7.51. The van der Waals surface area contributed by atoms with Crippen LogP contribution < -0.4 is 10.0 Å². The molecule has 0 unspecified atom stereocenters. The highest BCUT2D eigenvalue weighted by Crippen LogP contribution is 2.22. The van der Waals surface area contributed by atoms with Crippen LogP contribution in [-0.2, 0) is 37.6 Å². The molecule has 9 heteroatoms. The van der Waals surface area contributed by atoms with Gasteiger partial charge in [0.1, 0.15) is 0 Å². The molecule has 0 atom stereocenters. The van der Waals surface area contributed by atoms with Crippen LogP contribution in [0.2, 0.25) is 0 Å². The van der Waals surface area contributed by atoms with Gasteiger partial charge in [-0.3, -0.25) is 9.59 Å². The molecule has 0 aliphatic carbocycles. The number of carbonyl (C=O) groups excluding carboxylic acids is 1. The molecule has 2 rings (SSSR count). The fourth-order valence-corrected chi connectivity index (χ4v) is 3.50. The first-order valence-corrected chi connectivity index (χ1v) is 9.29. The Morgan fingerprint density at radius 2 is 1.92 bits per heavy atom. The number of amides is 1. The van der Waals surface area contributed by atoms with E-state index in [1.54, 1.807) is 26.0 Å². The minimum absolute atomic E-state index is 0.0784. The van der Waals surface area contributed by atoms with Crippen molar-refractivity contribution in [3.8, 4) is 0 Å². The third-order valence-electron chi connectivity index (χ3n) is 3.87. The molecule has 1 aromatic carbocycles. The molecule has 25 heavy (non-hydrogen) atoms. The molecule has 0 aromatic heterocycles. The second-order valence-corrected chi connectivity index (χ2v) is 8.34. The number of benzene rings is 1. The van der Waals surface area contributed by atoms with Crippen molar-refractivity contribution in [3.63, 3.8) is 0 Å². The number of nitrogens with one attached hydrogen (secondary N) is 2. The van der Waals surface area contributed by atoms with Crippen LogP contribution in [0.15, 0.2) is 23.1 Å². The van der Waals surface area contributed by atoms with E-state index in [-0.39, 0.29) is 17.7 Å². The van der Waals surface area contributed by atoms with Crippen molar-refractivity contribution < 1.29 is 27.9 Å². The van der Waals surface area contributed by atoms with Crippen LogP contribution in [0.1, 0.15) is 37.8 Å². The summed E-state index contributed by atoms with van der Waals surface area (Å²) in [7, 11) is -3.82. The third-order valence-corrected chi connectivity index (χ3v) is 5.27. The molecule has 0 saturated carbocycles. The van der Waals surface area contributed by atoms with E-state index in [4.69, 9.17) is 9.84 Å². The summed E-state index contributed by atoms with van der Waals surface area (Å²) in [5.74, 6) is -1.48. The summed E-state index contributed by atoms with van der Waals surface area (Å²) >= 11 is 0. The highest BCUT2D eigenvalue weighted by Gasteiger charge is 2.23. The van der Waals surface area contributed by atoms with Gasteiger partial charge in [-0.1, -0.05) is 6.07 Å². The average molecular weight is 370 g/mol. The largest absolute Gasteiger partial charge is 0.481 e. The van der Waals surface area contributed by atoms with Crippen LogP contribution in [-0.4, -0.2) is 37.5 Å². The van der Waals surface area contributed by atoms with Gasteiger partial charge in [0.05, 0.1) is 24.7 Å². The summed E-state index contributed by atoms with van der Waals surface area (Å²) in [6, 6.07) is 4.72. The second-order valence-electron chi connectivity index (χ2n) is 6.57. The van der Waals surface area contributed by atoms with E-state index in [1.807, 2.05) is 0 Å². The molecule has 3 N–H and O–H groups in total. The minimum atomic E-state index is -3.82. The van der Waals surface area contributed by atoms with Crippen LogP contribution in [0.25, 0.3) is 0 Å². The molecular formula is C16H22N2O6S. The Morgan fingerprint density at radius 1 is 1.24 bits per heavy atom. The van der Waals surface area contributed by atoms with Crippen molar-refractivity contribution in [2.75, 3.05) is 6.54 Å². The monoisotopic (exact) mass is 370 g/mol. The first kappa shape index (κ1) is 19.4. The summed E-state index contributed by atoms with van der Waals surface area (Å²) in [4.78, 5) is 22.7. The van der Waals surface area contributed by atoms with E-state index in [0.717, 1.165) is 11.1 Å². The molecular weight excluding hydrogens is 348 g/mol. The number of carbonyl (C=O) groups is 2. The Hall–Kier alpha value is -1.97. The SMILES string of the molecule is CC(C)(CCC(=O)O)NC(=O)CNS(=O)(=O)c1ccc2c(c1)COC2. The lowest BCUT2D eigenvalue weighted by Crippen LogP contribution is -2.47. The standard InChI is InChI=1S/C16H22N2O6S/c1-16(2,6-5-15(20)21)18-14(19)8-17-25(22,23)13-4-3-11-9-24-10-12(11)7-13/h3-4,7,17H,5-6,8-10H2,1-2H3,(H,18,19)(H,20,21). The number of carboxylic acid groups (broad SMARTS) is 1. The predicted octanol–water partition coefficient (Wildman–Crippen LogP) is 0.755. The van der Waals surface area contributed by atoms with Crippen LogP contribution >= 0.6 is 0 Å². The molecule has 0 spiro atoms. The Bertz CT molecular complexity index is 773. The van der Waals surface area contributed by atoms with Crippen molar-refractivity contribution in [1.82, 2.24) is 10.0 Å². The molecule has 0 radical (unpaired) electrons. The normalized spacial score (nSPS) is 14.2.